The lowest BCUT2D eigenvalue weighted by Crippen LogP contribution is -2.35. The predicted molar refractivity (Wildman–Crippen MR) is 91.3 cm³/mol. The van der Waals surface area contributed by atoms with E-state index in [4.69, 9.17) is 4.52 Å². The lowest BCUT2D eigenvalue weighted by Gasteiger charge is -2.25. The molecule has 0 aliphatic rings. The molecule has 0 radical (unpaired) electrons. The van der Waals surface area contributed by atoms with Crippen molar-refractivity contribution >= 4 is 23.6 Å². The minimum Gasteiger partial charge on any atom is -0.392 e. The molecule has 5 nitrogen and oxygen atoms in total. The summed E-state index contributed by atoms with van der Waals surface area (Å²) in [6, 6.07) is 1.68. The van der Waals surface area contributed by atoms with Crippen LogP contribution in [0.2, 0.25) is 0 Å². The normalized spacial score (nSPS) is 15.5. The highest BCUT2D eigenvalue weighted by atomic mass is 32.2. The fourth-order valence-corrected chi connectivity index (χ4v) is 3.08. The number of aliphatic hydroxyl groups excluding tert-OH is 1. The van der Waals surface area contributed by atoms with Crippen molar-refractivity contribution in [1.29, 1.82) is 0 Å². The number of hydrogen-bond donors (Lipinski definition) is 2. The van der Waals surface area contributed by atoms with E-state index in [1.54, 1.807) is 24.8 Å². The first kappa shape index (κ1) is 19.0. The molecule has 1 amide bonds. The van der Waals surface area contributed by atoms with Crippen LogP contribution in [0.1, 0.15) is 60.6 Å². The Labute approximate surface area is 137 Å². The first-order valence-electron chi connectivity index (χ1n) is 7.65. The molecule has 1 aromatic heterocycles. The SMILES string of the molecule is CCC(C)SC(C)(C)C(=O)Nc1cc(C(C)(C)C(C)O)no1. The van der Waals surface area contributed by atoms with Gasteiger partial charge in [-0.1, -0.05) is 32.9 Å². The quantitative estimate of drug-likeness (QED) is 0.800. The predicted octanol–water partition coefficient (Wildman–Crippen LogP) is 3.58. The zero-order chi connectivity index (χ0) is 17.1. The van der Waals surface area contributed by atoms with Gasteiger partial charge < -0.3 is 9.63 Å². The lowest BCUT2D eigenvalue weighted by molar-refractivity contribution is -0.117. The highest BCUT2D eigenvalue weighted by Crippen LogP contribution is 2.32. The standard InChI is InChI=1S/C16H28N2O3S/c1-8-10(2)22-16(6,7)14(20)17-13-9-12(18-21-13)15(4,5)11(3)19/h9-11,19H,8H2,1-7H3,(H,17,20). The Morgan fingerprint density at radius 2 is 2.00 bits per heavy atom. The molecule has 0 fully saturated rings. The van der Waals surface area contributed by atoms with E-state index in [2.05, 4.69) is 24.3 Å². The van der Waals surface area contributed by atoms with Gasteiger partial charge in [-0.25, -0.2) is 0 Å². The molecule has 0 spiro atoms. The molecule has 0 saturated heterocycles. The molecule has 0 bridgehead atoms. The highest BCUT2D eigenvalue weighted by molar-refractivity contribution is 8.01. The summed E-state index contributed by atoms with van der Waals surface area (Å²) in [5.74, 6) is 0.196. The molecular formula is C16H28N2O3S. The van der Waals surface area contributed by atoms with Crippen LogP contribution in [0.3, 0.4) is 0 Å². The van der Waals surface area contributed by atoms with Gasteiger partial charge in [-0.3, -0.25) is 10.1 Å². The second kappa shape index (κ2) is 7.04. The zero-order valence-electron chi connectivity index (χ0n) is 14.6. The molecule has 0 saturated carbocycles. The zero-order valence-corrected chi connectivity index (χ0v) is 15.4. The third-order valence-electron chi connectivity index (χ3n) is 4.07. The van der Waals surface area contributed by atoms with E-state index in [-0.39, 0.29) is 5.91 Å². The molecule has 2 unspecified atom stereocenters. The Morgan fingerprint density at radius 3 is 2.50 bits per heavy atom. The monoisotopic (exact) mass is 328 g/mol. The Balaban J connectivity index is 2.80. The first-order valence-corrected chi connectivity index (χ1v) is 8.53. The largest absolute Gasteiger partial charge is 0.392 e. The number of anilines is 1. The molecule has 126 valence electrons. The highest BCUT2D eigenvalue weighted by Gasteiger charge is 2.33. The molecule has 1 aromatic rings. The third-order valence-corrected chi connectivity index (χ3v) is 5.58. The van der Waals surface area contributed by atoms with Crippen LogP contribution < -0.4 is 5.32 Å². The van der Waals surface area contributed by atoms with Crippen LogP contribution >= 0.6 is 11.8 Å². The number of hydrogen-bond acceptors (Lipinski definition) is 5. The summed E-state index contributed by atoms with van der Waals surface area (Å²) in [6.45, 7) is 13.5. The van der Waals surface area contributed by atoms with Crippen molar-refractivity contribution in [3.8, 4) is 0 Å². The summed E-state index contributed by atoms with van der Waals surface area (Å²) in [5.41, 5.74) is 0.0817. The summed E-state index contributed by atoms with van der Waals surface area (Å²) in [5, 5.41) is 16.9. The maximum absolute atomic E-state index is 12.4. The van der Waals surface area contributed by atoms with Crippen LogP contribution in [-0.4, -0.2) is 32.3 Å². The summed E-state index contributed by atoms with van der Waals surface area (Å²) in [7, 11) is 0. The van der Waals surface area contributed by atoms with Crippen molar-refractivity contribution in [3.05, 3.63) is 11.8 Å². The van der Waals surface area contributed by atoms with Crippen LogP contribution in [0.25, 0.3) is 0 Å². The second-order valence-corrected chi connectivity index (χ2v) is 8.84. The lowest BCUT2D eigenvalue weighted by atomic mass is 9.84. The molecular weight excluding hydrogens is 300 g/mol. The summed E-state index contributed by atoms with van der Waals surface area (Å²) < 4.78 is 4.64. The fraction of sp³-hybridized carbons (Fsp3) is 0.750. The van der Waals surface area contributed by atoms with Crippen molar-refractivity contribution < 1.29 is 14.4 Å². The van der Waals surface area contributed by atoms with Crippen molar-refractivity contribution in [2.24, 2.45) is 0 Å². The number of aromatic nitrogens is 1. The van der Waals surface area contributed by atoms with Crippen LogP contribution in [0.15, 0.2) is 10.6 Å². The van der Waals surface area contributed by atoms with E-state index in [1.165, 1.54) is 0 Å². The molecule has 1 rings (SSSR count). The average Bonchev–Trinajstić information content (AvgIpc) is 2.86. The van der Waals surface area contributed by atoms with Gasteiger partial charge in [0.15, 0.2) is 0 Å². The van der Waals surface area contributed by atoms with E-state index in [1.807, 2.05) is 27.7 Å². The van der Waals surface area contributed by atoms with Crippen molar-refractivity contribution in [3.63, 3.8) is 0 Å². The van der Waals surface area contributed by atoms with Gasteiger partial charge >= 0.3 is 0 Å². The van der Waals surface area contributed by atoms with Gasteiger partial charge in [0.05, 0.1) is 16.5 Å². The molecule has 0 aliphatic heterocycles. The second-order valence-electron chi connectivity index (χ2n) is 6.78. The molecule has 1 heterocycles. The average molecular weight is 328 g/mol. The first-order chi connectivity index (χ1) is 10.0. The summed E-state index contributed by atoms with van der Waals surface area (Å²) in [4.78, 5) is 12.4. The number of carbonyl (C=O) groups excluding carboxylic acids is 1. The minimum absolute atomic E-state index is 0.115. The Kier molecular flexibility index (Phi) is 6.10. The van der Waals surface area contributed by atoms with Gasteiger partial charge in [-0.2, -0.15) is 0 Å². The van der Waals surface area contributed by atoms with Crippen molar-refractivity contribution in [1.82, 2.24) is 5.16 Å². The maximum Gasteiger partial charge on any atom is 0.242 e. The molecule has 22 heavy (non-hydrogen) atoms. The number of rotatable bonds is 7. The van der Waals surface area contributed by atoms with Crippen LogP contribution in [0.5, 0.6) is 0 Å². The summed E-state index contributed by atoms with van der Waals surface area (Å²) in [6.07, 6.45) is 0.440. The molecule has 0 aliphatic carbocycles. The van der Waals surface area contributed by atoms with Gasteiger partial charge in [-0.15, -0.1) is 11.8 Å². The maximum atomic E-state index is 12.4. The van der Waals surface area contributed by atoms with E-state index in [0.717, 1.165) is 6.42 Å². The van der Waals surface area contributed by atoms with Crippen LogP contribution in [-0.2, 0) is 10.2 Å². The number of amides is 1. The van der Waals surface area contributed by atoms with Gasteiger partial charge in [0.25, 0.3) is 0 Å². The third kappa shape index (κ3) is 4.49. The van der Waals surface area contributed by atoms with Gasteiger partial charge in [0, 0.05) is 16.7 Å². The Morgan fingerprint density at radius 1 is 1.41 bits per heavy atom. The topological polar surface area (TPSA) is 75.4 Å². The van der Waals surface area contributed by atoms with Crippen LogP contribution in [0, 0.1) is 0 Å². The van der Waals surface area contributed by atoms with E-state index >= 15 is 0 Å². The summed E-state index contributed by atoms with van der Waals surface area (Å²) >= 11 is 1.63. The van der Waals surface area contributed by atoms with Gasteiger partial charge in [0.2, 0.25) is 11.8 Å². The van der Waals surface area contributed by atoms with E-state index in [9.17, 15) is 9.90 Å². The number of nitrogens with zero attached hydrogens (tertiary/aromatic N) is 1. The van der Waals surface area contributed by atoms with Crippen molar-refractivity contribution in [2.45, 2.75) is 76.4 Å². The number of thioether (sulfide) groups is 1. The Bertz CT molecular complexity index is 509. The number of carbonyl (C=O) groups is 1. The number of aliphatic hydroxyl groups is 1. The van der Waals surface area contributed by atoms with Crippen molar-refractivity contribution in [2.75, 3.05) is 5.32 Å². The molecule has 2 N–H and O–H groups in total. The number of nitrogens with one attached hydrogen (secondary N) is 1. The molecule has 0 aromatic carbocycles. The van der Waals surface area contributed by atoms with E-state index in [0.29, 0.717) is 16.8 Å². The molecule has 2 atom stereocenters. The minimum atomic E-state index is -0.571. The fourth-order valence-electron chi connectivity index (χ4n) is 1.75. The smallest absolute Gasteiger partial charge is 0.242 e. The Hall–Kier alpha value is -1.01. The van der Waals surface area contributed by atoms with Gasteiger partial charge in [-0.05, 0) is 27.2 Å². The van der Waals surface area contributed by atoms with Crippen LogP contribution in [0.4, 0.5) is 5.88 Å². The van der Waals surface area contributed by atoms with Gasteiger partial charge in [0.1, 0.15) is 0 Å². The molecule has 6 heteroatoms. The van der Waals surface area contributed by atoms with E-state index < -0.39 is 16.3 Å².